The molecule has 0 aliphatic rings. The molecule has 0 aromatic rings. The molecule has 0 aromatic heterocycles. The molecule has 0 radical (unpaired) electrons. The molecule has 0 fully saturated rings. The monoisotopic (exact) mass is 202 g/mol. The highest BCUT2D eigenvalue weighted by Crippen LogP contribution is 1.90. The smallest absolute Gasteiger partial charge is 0.142 e. The Morgan fingerprint density at radius 2 is 1.00 bits per heavy atom. The van der Waals surface area contributed by atoms with Crippen LogP contribution in [0.4, 0.5) is 0 Å². The summed E-state index contributed by atoms with van der Waals surface area (Å²) in [5, 5.41) is 0. The van der Waals surface area contributed by atoms with Crippen molar-refractivity contribution < 1.29 is 33.2 Å². The van der Waals surface area contributed by atoms with E-state index in [0.29, 0.717) is 0 Å². The first kappa shape index (κ1) is 14.6. The molecule has 6 heteroatoms. The third-order valence-electron chi connectivity index (χ3n) is 1.22. The molecule has 0 rings (SSSR count). The predicted molar refractivity (Wildman–Crippen MR) is 32.7 cm³/mol. The van der Waals surface area contributed by atoms with E-state index in [-0.39, 0.29) is 0 Å². The molecule has 12 heavy (non-hydrogen) atoms. The van der Waals surface area contributed by atoms with Crippen LogP contribution in [0.5, 0.6) is 0 Å². The van der Waals surface area contributed by atoms with E-state index < -0.39 is 10.2 Å². The van der Waals surface area contributed by atoms with Gasteiger partial charge in [-0.3, -0.25) is 0 Å². The number of hydrogen-bond donors (Lipinski definition) is 0. The summed E-state index contributed by atoms with van der Waals surface area (Å²) in [6.45, 7) is 9.76. The molecule has 0 spiro atoms. The number of hydrogen-bond acceptors (Lipinski definition) is 4. The molecule has 0 saturated carbocycles. The van der Waals surface area contributed by atoms with Crippen LogP contribution in [0.2, 0.25) is 0 Å². The van der Waals surface area contributed by atoms with Crippen molar-refractivity contribution in [2.45, 2.75) is 20.8 Å². The van der Waals surface area contributed by atoms with Crippen LogP contribution in [0.15, 0.2) is 0 Å². The van der Waals surface area contributed by atoms with Crippen molar-refractivity contribution in [3.05, 3.63) is 0 Å². The molecule has 0 aliphatic heterocycles. The van der Waals surface area contributed by atoms with Gasteiger partial charge in [-0.05, 0) is 0 Å². The van der Waals surface area contributed by atoms with E-state index in [1.807, 2.05) is 0 Å². The maximum absolute atomic E-state index is 8.49. The summed E-state index contributed by atoms with van der Waals surface area (Å²) in [6.07, 6.45) is 0. The Kier molecular flexibility index (Phi) is 9.40. The van der Waals surface area contributed by atoms with E-state index >= 15 is 0 Å². The Labute approximate surface area is 74.6 Å². The largest absolute Gasteiger partial charge is 0.422 e. The van der Waals surface area contributed by atoms with Gasteiger partial charge in [0.2, 0.25) is 0 Å². The van der Waals surface area contributed by atoms with Gasteiger partial charge >= 0.3 is 0 Å². The van der Waals surface area contributed by atoms with E-state index in [2.05, 4.69) is 25.1 Å². The molecule has 0 heterocycles. The average molecular weight is 203 g/mol. The highest BCUT2D eigenvalue weighted by atomic mass is 35.7. The first-order valence-electron chi connectivity index (χ1n) is 3.60. The Hall–Kier alpha value is 0.0900. The molecule has 0 amide bonds. The van der Waals surface area contributed by atoms with Crippen molar-refractivity contribution in [1.82, 2.24) is 0 Å². The standard InChI is InChI=1S/C6H15O.ClHO4/c1-4-7(5-2)6-3;2-1(3,4)5/h4-6H2,1-3H3;(H,2,3,4,5)/q+1;/p-1. The Morgan fingerprint density at radius 3 is 1.00 bits per heavy atom. The lowest BCUT2D eigenvalue weighted by molar-refractivity contribution is -2.00. The molecule has 0 unspecified atom stereocenters. The predicted octanol–water partition coefficient (Wildman–Crippen LogP) is -3.16. The second kappa shape index (κ2) is 7.72. The average Bonchev–Trinajstić information content (AvgIpc) is 1.88. The summed E-state index contributed by atoms with van der Waals surface area (Å²) in [5.74, 6) is 0. The van der Waals surface area contributed by atoms with Crippen LogP contribution < -0.4 is 18.6 Å². The molecule has 0 atom stereocenters. The van der Waals surface area contributed by atoms with Gasteiger partial charge in [-0.25, -0.2) is 18.6 Å². The molecule has 0 aromatic carbocycles. The lowest BCUT2D eigenvalue weighted by atomic mass is 10.7. The van der Waals surface area contributed by atoms with Crippen LogP contribution in [0.3, 0.4) is 0 Å². The molecular formula is C6H15ClO5. The zero-order valence-electron chi connectivity index (χ0n) is 7.54. The highest BCUT2D eigenvalue weighted by Gasteiger charge is 1.94. The summed E-state index contributed by atoms with van der Waals surface area (Å²) >= 11 is 0. The van der Waals surface area contributed by atoms with Crippen LogP contribution in [-0.2, 0) is 4.37 Å². The number of rotatable bonds is 3. The molecule has 0 N–H and O–H groups in total. The van der Waals surface area contributed by atoms with Gasteiger partial charge in [0, 0.05) is 20.8 Å². The Bertz CT molecular complexity index is 76.9. The number of halogens is 1. The normalized spacial score (nSPS) is 11.0. The van der Waals surface area contributed by atoms with Crippen LogP contribution in [-0.4, -0.2) is 19.8 Å². The van der Waals surface area contributed by atoms with Gasteiger partial charge in [0.05, 0.1) is 0 Å². The minimum atomic E-state index is -4.94. The summed E-state index contributed by atoms with van der Waals surface area (Å²) in [6, 6.07) is 0. The van der Waals surface area contributed by atoms with Crippen molar-refractivity contribution in [3.8, 4) is 0 Å². The van der Waals surface area contributed by atoms with Crippen molar-refractivity contribution in [1.29, 1.82) is 0 Å². The summed E-state index contributed by atoms with van der Waals surface area (Å²) < 4.78 is 37.0. The molecular weight excluding hydrogens is 188 g/mol. The van der Waals surface area contributed by atoms with E-state index in [0.717, 1.165) is 19.8 Å². The topological polar surface area (TPSA) is 94.9 Å². The molecule has 5 nitrogen and oxygen atoms in total. The fourth-order valence-corrected chi connectivity index (χ4v) is 0.612. The van der Waals surface area contributed by atoms with E-state index in [1.54, 1.807) is 0 Å². The van der Waals surface area contributed by atoms with Gasteiger partial charge in [0.1, 0.15) is 19.8 Å². The lowest BCUT2D eigenvalue weighted by Crippen LogP contribution is -2.68. The fraction of sp³-hybridized carbons (Fsp3) is 1.00. The Balaban J connectivity index is 0. The molecule has 76 valence electrons. The minimum Gasteiger partial charge on any atom is -0.422 e. The highest BCUT2D eigenvalue weighted by molar-refractivity contribution is 4.27. The van der Waals surface area contributed by atoms with Gasteiger partial charge in [-0.15, -0.1) is 10.2 Å². The van der Waals surface area contributed by atoms with Gasteiger partial charge < -0.3 is 4.37 Å². The Morgan fingerprint density at radius 1 is 0.833 bits per heavy atom. The summed E-state index contributed by atoms with van der Waals surface area (Å²) in [7, 11) is -4.94. The fourth-order valence-electron chi connectivity index (χ4n) is 0.612. The maximum Gasteiger partial charge on any atom is 0.142 e. The third-order valence-corrected chi connectivity index (χ3v) is 1.22. The second-order valence-electron chi connectivity index (χ2n) is 1.86. The SMILES string of the molecule is CC[O+](CC)CC.[O-][Cl+3]([O-])([O-])[O-]. The van der Waals surface area contributed by atoms with E-state index in [4.69, 9.17) is 18.6 Å². The van der Waals surface area contributed by atoms with Gasteiger partial charge in [-0.2, -0.15) is 0 Å². The van der Waals surface area contributed by atoms with Crippen molar-refractivity contribution in [2.75, 3.05) is 19.8 Å². The van der Waals surface area contributed by atoms with Crippen LogP contribution in [0.1, 0.15) is 20.8 Å². The van der Waals surface area contributed by atoms with Crippen LogP contribution in [0.25, 0.3) is 0 Å². The van der Waals surface area contributed by atoms with Gasteiger partial charge in [0.25, 0.3) is 0 Å². The first-order valence-corrected chi connectivity index (χ1v) is 4.84. The molecule has 0 saturated heterocycles. The van der Waals surface area contributed by atoms with Crippen molar-refractivity contribution in [3.63, 3.8) is 0 Å². The van der Waals surface area contributed by atoms with Crippen molar-refractivity contribution in [2.24, 2.45) is 0 Å². The van der Waals surface area contributed by atoms with Gasteiger partial charge in [0.15, 0.2) is 0 Å². The van der Waals surface area contributed by atoms with Crippen LogP contribution >= 0.6 is 0 Å². The van der Waals surface area contributed by atoms with E-state index in [1.165, 1.54) is 0 Å². The first-order chi connectivity index (χ1) is 5.35. The lowest BCUT2D eigenvalue weighted by Gasteiger charge is -2.17. The molecule has 0 aliphatic carbocycles. The summed E-state index contributed by atoms with van der Waals surface area (Å²) in [5.41, 5.74) is 0. The molecule has 0 bridgehead atoms. The second-order valence-corrected chi connectivity index (χ2v) is 2.61. The van der Waals surface area contributed by atoms with E-state index in [9.17, 15) is 0 Å². The zero-order chi connectivity index (χ0) is 10.2. The third kappa shape index (κ3) is 22.5. The van der Waals surface area contributed by atoms with Crippen molar-refractivity contribution >= 4 is 0 Å². The summed E-state index contributed by atoms with van der Waals surface area (Å²) in [4.78, 5) is 0. The zero-order valence-corrected chi connectivity index (χ0v) is 8.30. The maximum atomic E-state index is 8.49. The van der Waals surface area contributed by atoms with Crippen LogP contribution in [0, 0.1) is 10.2 Å². The minimum absolute atomic E-state index is 1.10. The quantitative estimate of drug-likeness (QED) is 0.452. The van der Waals surface area contributed by atoms with Gasteiger partial charge in [-0.1, -0.05) is 0 Å².